The summed E-state index contributed by atoms with van der Waals surface area (Å²) in [6.07, 6.45) is -8.95. The molecule has 0 aliphatic heterocycles. The van der Waals surface area contributed by atoms with Crippen molar-refractivity contribution >= 4 is 11.8 Å². The highest BCUT2D eigenvalue weighted by atomic mass is 19.4. The van der Waals surface area contributed by atoms with E-state index in [-0.39, 0.29) is 12.3 Å². The Morgan fingerprint density at radius 2 is 1.70 bits per heavy atom. The number of Topliss-reactive ketones (excluding diaryl/α,β-unsaturated/α-hetero) is 1. The molecule has 1 aromatic rings. The monoisotopic (exact) mass is 339 g/mol. The lowest BCUT2D eigenvalue weighted by Crippen LogP contribution is -2.23. The fourth-order valence-corrected chi connectivity index (χ4v) is 2.25. The van der Waals surface area contributed by atoms with Crippen LogP contribution in [0.3, 0.4) is 0 Å². The van der Waals surface area contributed by atoms with Crippen molar-refractivity contribution in [2.45, 2.75) is 39.8 Å². The van der Waals surface area contributed by atoms with Gasteiger partial charge in [-0.25, -0.2) is 18.6 Å². The lowest BCUT2D eigenvalue weighted by atomic mass is 9.89. The van der Waals surface area contributed by atoms with Crippen LogP contribution in [0.25, 0.3) is 0 Å². The molecule has 0 atom stereocenters. The summed E-state index contributed by atoms with van der Waals surface area (Å²) < 4.78 is 65.3. The molecule has 4 nitrogen and oxygen atoms in total. The number of aromatic nitrogens is 1. The van der Waals surface area contributed by atoms with Gasteiger partial charge < -0.3 is 5.11 Å². The summed E-state index contributed by atoms with van der Waals surface area (Å²) in [6.45, 7) is 3.93. The van der Waals surface area contributed by atoms with Crippen LogP contribution in [0.15, 0.2) is 0 Å². The first-order valence-corrected chi connectivity index (χ1v) is 6.54. The molecule has 1 N–H and O–H groups in total. The molecule has 0 saturated carbocycles. The third kappa shape index (κ3) is 4.02. The van der Waals surface area contributed by atoms with Gasteiger partial charge >= 0.3 is 12.1 Å². The molecule has 0 aliphatic rings. The van der Waals surface area contributed by atoms with Crippen molar-refractivity contribution in [1.29, 1.82) is 0 Å². The minimum Gasteiger partial charge on any atom is -0.478 e. The normalized spacial score (nSPS) is 12.1. The quantitative estimate of drug-likeness (QED) is 0.647. The number of carbonyl (C=O) groups is 2. The van der Waals surface area contributed by atoms with Crippen molar-refractivity contribution in [3.63, 3.8) is 0 Å². The number of hydrogen-bond donors (Lipinski definition) is 1. The summed E-state index contributed by atoms with van der Waals surface area (Å²) in [6, 6.07) is 0. The second kappa shape index (κ2) is 6.59. The fraction of sp³-hybridized carbons (Fsp3) is 0.500. The van der Waals surface area contributed by atoms with Crippen molar-refractivity contribution in [2.24, 2.45) is 5.92 Å². The summed E-state index contributed by atoms with van der Waals surface area (Å²) in [4.78, 5) is 25.7. The topological polar surface area (TPSA) is 67.3 Å². The number of ketones is 1. The minimum atomic E-state index is -5.16. The van der Waals surface area contributed by atoms with Crippen molar-refractivity contribution in [1.82, 2.24) is 4.98 Å². The Labute approximate surface area is 128 Å². The number of aromatic carboxylic acids is 1. The molecule has 1 heterocycles. The first-order chi connectivity index (χ1) is 10.4. The zero-order valence-electron chi connectivity index (χ0n) is 12.5. The molecule has 0 aromatic carbocycles. The molecule has 0 fully saturated rings. The Kier molecular flexibility index (Phi) is 5.44. The zero-order chi connectivity index (χ0) is 18.1. The molecule has 0 bridgehead atoms. The van der Waals surface area contributed by atoms with Crippen LogP contribution < -0.4 is 0 Å². The number of pyridine rings is 1. The van der Waals surface area contributed by atoms with Crippen LogP contribution in [0, 0.1) is 5.92 Å². The van der Waals surface area contributed by atoms with Crippen molar-refractivity contribution < 1.29 is 36.6 Å². The third-order valence-electron chi connectivity index (χ3n) is 2.98. The molecule has 1 rings (SSSR count). The molecular formula is C14H14F5NO3. The first kappa shape index (κ1) is 19.0. The molecule has 0 unspecified atom stereocenters. The molecule has 23 heavy (non-hydrogen) atoms. The Bertz CT molecular complexity index is 638. The average Bonchev–Trinajstić information content (AvgIpc) is 2.34. The van der Waals surface area contributed by atoms with E-state index in [0.29, 0.717) is 0 Å². The average molecular weight is 339 g/mol. The van der Waals surface area contributed by atoms with Crippen molar-refractivity contribution in [3.05, 3.63) is 28.1 Å². The fourth-order valence-electron chi connectivity index (χ4n) is 2.25. The van der Waals surface area contributed by atoms with Crippen LogP contribution in [0.2, 0.25) is 0 Å². The van der Waals surface area contributed by atoms with E-state index in [4.69, 9.17) is 5.11 Å². The second-order valence-electron chi connectivity index (χ2n) is 5.33. The van der Waals surface area contributed by atoms with Crippen LogP contribution in [-0.2, 0) is 12.6 Å². The summed E-state index contributed by atoms with van der Waals surface area (Å²) in [7, 11) is 0. The van der Waals surface area contributed by atoms with Gasteiger partial charge in [0.1, 0.15) is 5.69 Å². The van der Waals surface area contributed by atoms with E-state index >= 15 is 0 Å². The smallest absolute Gasteiger partial charge is 0.434 e. The SMILES string of the molecule is CC(=O)c1c(C(F)(F)F)nc(C(F)F)c(C(=O)O)c1CC(C)C. The lowest BCUT2D eigenvalue weighted by molar-refractivity contribution is -0.141. The Hall–Kier alpha value is -2.06. The maximum Gasteiger partial charge on any atom is 0.434 e. The number of alkyl halides is 5. The largest absolute Gasteiger partial charge is 0.478 e. The lowest BCUT2D eigenvalue weighted by Gasteiger charge is -2.20. The Morgan fingerprint density at radius 1 is 1.17 bits per heavy atom. The van der Waals surface area contributed by atoms with Gasteiger partial charge in [-0.05, 0) is 24.8 Å². The van der Waals surface area contributed by atoms with Gasteiger partial charge in [0.2, 0.25) is 0 Å². The van der Waals surface area contributed by atoms with Crippen molar-refractivity contribution in [3.8, 4) is 0 Å². The molecule has 1 aromatic heterocycles. The number of carboxylic acid groups (broad SMARTS) is 1. The van der Waals surface area contributed by atoms with Gasteiger partial charge in [-0.1, -0.05) is 13.8 Å². The number of carboxylic acids is 1. The highest BCUT2D eigenvalue weighted by Crippen LogP contribution is 2.37. The van der Waals surface area contributed by atoms with Crippen LogP contribution in [-0.4, -0.2) is 21.8 Å². The predicted molar refractivity (Wildman–Crippen MR) is 69.7 cm³/mol. The van der Waals surface area contributed by atoms with Crippen molar-refractivity contribution in [2.75, 3.05) is 0 Å². The summed E-state index contributed by atoms with van der Waals surface area (Å²) in [5.74, 6) is -3.29. The van der Waals surface area contributed by atoms with Crippen LogP contribution in [0.4, 0.5) is 22.0 Å². The van der Waals surface area contributed by atoms with E-state index in [2.05, 4.69) is 4.98 Å². The van der Waals surface area contributed by atoms with Crippen LogP contribution in [0.1, 0.15) is 64.9 Å². The molecule has 0 amide bonds. The number of nitrogens with zero attached hydrogens (tertiary/aromatic N) is 1. The van der Waals surface area contributed by atoms with Gasteiger partial charge in [0.25, 0.3) is 6.43 Å². The van der Waals surface area contributed by atoms with Crippen LogP contribution >= 0.6 is 0 Å². The molecule has 0 spiro atoms. The van der Waals surface area contributed by atoms with Gasteiger partial charge in [-0.15, -0.1) is 0 Å². The molecule has 0 radical (unpaired) electrons. The highest BCUT2D eigenvalue weighted by molar-refractivity contribution is 6.01. The van der Waals surface area contributed by atoms with Gasteiger partial charge in [0, 0.05) is 0 Å². The molecule has 128 valence electrons. The highest BCUT2D eigenvalue weighted by Gasteiger charge is 2.41. The summed E-state index contributed by atoms with van der Waals surface area (Å²) >= 11 is 0. The van der Waals surface area contributed by atoms with Gasteiger partial charge in [0.05, 0.1) is 11.1 Å². The predicted octanol–water partition coefficient (Wildman–Crippen LogP) is 4.14. The molecular weight excluding hydrogens is 325 g/mol. The van der Waals surface area contributed by atoms with E-state index in [9.17, 15) is 31.5 Å². The Balaban J connectivity index is 4.00. The van der Waals surface area contributed by atoms with Gasteiger partial charge in [-0.2, -0.15) is 13.2 Å². The molecule has 0 aliphatic carbocycles. The molecule has 9 heteroatoms. The first-order valence-electron chi connectivity index (χ1n) is 6.54. The van der Waals surface area contributed by atoms with Gasteiger partial charge in [-0.3, -0.25) is 4.79 Å². The maximum atomic E-state index is 13.1. The second-order valence-corrected chi connectivity index (χ2v) is 5.33. The molecule has 0 saturated heterocycles. The number of halogens is 5. The minimum absolute atomic E-state index is 0.276. The third-order valence-corrected chi connectivity index (χ3v) is 2.98. The Morgan fingerprint density at radius 3 is 2.00 bits per heavy atom. The maximum absolute atomic E-state index is 13.1. The zero-order valence-corrected chi connectivity index (χ0v) is 12.5. The van der Waals surface area contributed by atoms with E-state index in [0.717, 1.165) is 6.92 Å². The van der Waals surface area contributed by atoms with Crippen LogP contribution in [0.5, 0.6) is 0 Å². The van der Waals surface area contributed by atoms with Gasteiger partial charge in [0.15, 0.2) is 11.5 Å². The van der Waals surface area contributed by atoms with E-state index < -0.39 is 52.4 Å². The standard InChI is InChI=1S/C14H14F5NO3/c1-5(2)4-7-8(6(3)21)11(14(17,18)19)20-10(12(15)16)9(7)13(22)23/h5,12H,4H2,1-3H3,(H,22,23). The van der Waals surface area contributed by atoms with E-state index in [1.54, 1.807) is 13.8 Å². The number of hydrogen-bond acceptors (Lipinski definition) is 3. The number of carbonyl (C=O) groups excluding carboxylic acids is 1. The van der Waals surface area contributed by atoms with E-state index in [1.807, 2.05) is 0 Å². The summed E-state index contributed by atoms with van der Waals surface area (Å²) in [5.41, 5.74) is -5.82. The van der Waals surface area contributed by atoms with E-state index in [1.165, 1.54) is 0 Å². The number of rotatable bonds is 5. The summed E-state index contributed by atoms with van der Waals surface area (Å²) in [5, 5.41) is 9.14.